The Labute approximate surface area is 112 Å². The molecule has 0 spiro atoms. The van der Waals surface area contributed by atoms with Crippen LogP contribution in [0.2, 0.25) is 5.02 Å². The van der Waals surface area contributed by atoms with Gasteiger partial charge < -0.3 is 0 Å². The average molecular weight is 296 g/mol. The van der Waals surface area contributed by atoms with Crippen LogP contribution in [0.25, 0.3) is 0 Å². The second kappa shape index (κ2) is 6.47. The van der Waals surface area contributed by atoms with Crippen molar-refractivity contribution in [3.8, 4) is 0 Å². The van der Waals surface area contributed by atoms with Crippen LogP contribution >= 0.6 is 23.2 Å². The number of aryl methyl sites for hydroxylation is 1. The number of alkyl halides is 1. The molecule has 17 heavy (non-hydrogen) atoms. The number of anilines is 1. The summed E-state index contributed by atoms with van der Waals surface area (Å²) in [5, 5.41) is 0.408. The number of benzene rings is 1. The topological polar surface area (TPSA) is 46.2 Å². The maximum Gasteiger partial charge on any atom is 0.232 e. The van der Waals surface area contributed by atoms with Crippen molar-refractivity contribution in [2.75, 3.05) is 16.4 Å². The van der Waals surface area contributed by atoms with Gasteiger partial charge in [-0.1, -0.05) is 23.7 Å². The van der Waals surface area contributed by atoms with E-state index < -0.39 is 10.0 Å². The summed E-state index contributed by atoms with van der Waals surface area (Å²) in [4.78, 5) is 0. The SMILES string of the molecule is Cc1cccc(Cl)c1NS(=O)(=O)CCCCCl. The van der Waals surface area contributed by atoms with Crippen LogP contribution < -0.4 is 4.72 Å². The first kappa shape index (κ1) is 14.6. The van der Waals surface area contributed by atoms with Gasteiger partial charge in [0.05, 0.1) is 16.5 Å². The average Bonchev–Trinajstić information content (AvgIpc) is 2.24. The Morgan fingerprint density at radius 3 is 2.59 bits per heavy atom. The molecule has 1 N–H and O–H groups in total. The van der Waals surface area contributed by atoms with E-state index in [1.54, 1.807) is 12.1 Å². The molecule has 0 bridgehead atoms. The Hall–Kier alpha value is -0.450. The van der Waals surface area contributed by atoms with Crippen LogP contribution in [-0.2, 0) is 10.0 Å². The summed E-state index contributed by atoms with van der Waals surface area (Å²) >= 11 is 11.5. The highest BCUT2D eigenvalue weighted by Gasteiger charge is 2.13. The Morgan fingerprint density at radius 2 is 2.00 bits per heavy atom. The fourth-order valence-corrected chi connectivity index (χ4v) is 3.14. The summed E-state index contributed by atoms with van der Waals surface area (Å²) in [7, 11) is -3.34. The van der Waals surface area contributed by atoms with Crippen molar-refractivity contribution in [3.63, 3.8) is 0 Å². The molecular weight excluding hydrogens is 281 g/mol. The van der Waals surface area contributed by atoms with Gasteiger partial charge in [0.15, 0.2) is 0 Å². The van der Waals surface area contributed by atoms with E-state index in [-0.39, 0.29) is 5.75 Å². The number of halogens is 2. The summed E-state index contributed by atoms with van der Waals surface area (Å²) in [6, 6.07) is 5.25. The van der Waals surface area contributed by atoms with Crippen LogP contribution in [0.1, 0.15) is 18.4 Å². The highest BCUT2D eigenvalue weighted by molar-refractivity contribution is 7.92. The number of hydrogen-bond acceptors (Lipinski definition) is 2. The zero-order valence-corrected chi connectivity index (χ0v) is 11.9. The van der Waals surface area contributed by atoms with E-state index in [4.69, 9.17) is 23.2 Å². The fourth-order valence-electron chi connectivity index (χ4n) is 1.35. The maximum atomic E-state index is 11.8. The first-order valence-corrected chi connectivity index (χ1v) is 7.84. The lowest BCUT2D eigenvalue weighted by Gasteiger charge is -2.11. The van der Waals surface area contributed by atoms with Gasteiger partial charge >= 0.3 is 0 Å². The molecule has 0 atom stereocenters. The van der Waals surface area contributed by atoms with E-state index in [0.29, 0.717) is 29.4 Å². The molecule has 0 unspecified atom stereocenters. The smallest absolute Gasteiger partial charge is 0.232 e. The van der Waals surface area contributed by atoms with Crippen molar-refractivity contribution in [2.45, 2.75) is 19.8 Å². The second-order valence-corrected chi connectivity index (χ2v) is 6.38. The minimum atomic E-state index is -3.34. The zero-order chi connectivity index (χ0) is 12.9. The summed E-state index contributed by atoms with van der Waals surface area (Å²) in [6.45, 7) is 1.81. The zero-order valence-electron chi connectivity index (χ0n) is 9.54. The van der Waals surface area contributed by atoms with Gasteiger partial charge in [-0.2, -0.15) is 0 Å². The molecule has 1 aromatic rings. The Morgan fingerprint density at radius 1 is 1.29 bits per heavy atom. The summed E-state index contributed by atoms with van der Waals surface area (Å²) in [6.07, 6.45) is 1.23. The molecule has 96 valence electrons. The van der Waals surface area contributed by atoms with Gasteiger partial charge in [0.25, 0.3) is 0 Å². The second-order valence-electron chi connectivity index (χ2n) is 3.75. The molecule has 0 amide bonds. The van der Waals surface area contributed by atoms with E-state index in [1.807, 2.05) is 13.0 Å². The van der Waals surface area contributed by atoms with E-state index in [9.17, 15) is 8.42 Å². The van der Waals surface area contributed by atoms with Crippen LogP contribution in [0, 0.1) is 6.92 Å². The Bertz CT molecular complexity index is 454. The first-order valence-electron chi connectivity index (χ1n) is 5.28. The minimum Gasteiger partial charge on any atom is -0.282 e. The van der Waals surface area contributed by atoms with Crippen molar-refractivity contribution < 1.29 is 8.42 Å². The summed E-state index contributed by atoms with van der Waals surface area (Å²) in [5.41, 5.74) is 1.26. The molecular formula is C11H15Cl2NO2S. The number of hydrogen-bond donors (Lipinski definition) is 1. The molecule has 6 heteroatoms. The van der Waals surface area contributed by atoms with Gasteiger partial charge in [-0.15, -0.1) is 11.6 Å². The molecule has 0 heterocycles. The molecule has 0 aliphatic carbocycles. The van der Waals surface area contributed by atoms with Crippen LogP contribution in [0.3, 0.4) is 0 Å². The molecule has 3 nitrogen and oxygen atoms in total. The third-order valence-corrected chi connectivity index (χ3v) is 4.20. The molecule has 0 aromatic heterocycles. The number of rotatable bonds is 6. The van der Waals surface area contributed by atoms with Gasteiger partial charge in [-0.25, -0.2) is 8.42 Å². The number of sulfonamides is 1. The van der Waals surface area contributed by atoms with E-state index in [1.165, 1.54) is 0 Å². The normalized spacial score (nSPS) is 11.5. The van der Waals surface area contributed by atoms with Gasteiger partial charge in [0.1, 0.15) is 0 Å². The van der Waals surface area contributed by atoms with Crippen LogP contribution in [0.4, 0.5) is 5.69 Å². The quantitative estimate of drug-likeness (QED) is 0.646. The molecule has 0 aliphatic heterocycles. The number of para-hydroxylation sites is 1. The third-order valence-electron chi connectivity index (χ3n) is 2.28. The third kappa shape index (κ3) is 4.74. The van der Waals surface area contributed by atoms with Crippen molar-refractivity contribution in [2.24, 2.45) is 0 Å². The predicted octanol–water partition coefficient (Wildman–Crippen LogP) is 3.41. The lowest BCUT2D eigenvalue weighted by Crippen LogP contribution is -2.17. The lowest BCUT2D eigenvalue weighted by atomic mass is 10.2. The van der Waals surface area contributed by atoms with Crippen LogP contribution in [0.15, 0.2) is 18.2 Å². The van der Waals surface area contributed by atoms with Crippen molar-refractivity contribution in [1.29, 1.82) is 0 Å². The van der Waals surface area contributed by atoms with Gasteiger partial charge in [-0.05, 0) is 31.4 Å². The molecule has 0 radical (unpaired) electrons. The molecule has 0 saturated heterocycles. The maximum absolute atomic E-state index is 11.8. The Kier molecular flexibility index (Phi) is 5.56. The van der Waals surface area contributed by atoms with Gasteiger partial charge in [0.2, 0.25) is 10.0 Å². The minimum absolute atomic E-state index is 0.0599. The highest BCUT2D eigenvalue weighted by Crippen LogP contribution is 2.26. The highest BCUT2D eigenvalue weighted by atomic mass is 35.5. The van der Waals surface area contributed by atoms with E-state index >= 15 is 0 Å². The number of unbranched alkanes of at least 4 members (excludes halogenated alkanes) is 1. The van der Waals surface area contributed by atoms with Crippen molar-refractivity contribution in [1.82, 2.24) is 0 Å². The molecule has 0 aliphatic rings. The molecule has 0 fully saturated rings. The largest absolute Gasteiger partial charge is 0.282 e. The van der Waals surface area contributed by atoms with Crippen LogP contribution in [-0.4, -0.2) is 20.1 Å². The molecule has 1 aromatic carbocycles. The van der Waals surface area contributed by atoms with E-state index in [2.05, 4.69) is 4.72 Å². The standard InChI is InChI=1S/C11H15Cl2NO2S/c1-9-5-4-6-10(13)11(9)14-17(15,16)8-3-2-7-12/h4-6,14H,2-3,7-8H2,1H3. The fraction of sp³-hybridized carbons (Fsp3) is 0.455. The summed E-state index contributed by atoms with van der Waals surface area (Å²) < 4.78 is 26.0. The number of nitrogens with one attached hydrogen (secondary N) is 1. The molecule has 1 rings (SSSR count). The first-order chi connectivity index (χ1) is 7.96. The predicted molar refractivity (Wildman–Crippen MR) is 73.6 cm³/mol. The van der Waals surface area contributed by atoms with Gasteiger partial charge in [0, 0.05) is 5.88 Å². The van der Waals surface area contributed by atoms with E-state index in [0.717, 1.165) is 5.56 Å². The monoisotopic (exact) mass is 295 g/mol. The van der Waals surface area contributed by atoms with Crippen molar-refractivity contribution >= 4 is 38.9 Å². The van der Waals surface area contributed by atoms with Gasteiger partial charge in [-0.3, -0.25) is 4.72 Å². The summed E-state index contributed by atoms with van der Waals surface area (Å²) in [5.74, 6) is 0.533. The van der Waals surface area contributed by atoms with Crippen LogP contribution in [0.5, 0.6) is 0 Å². The lowest BCUT2D eigenvalue weighted by molar-refractivity contribution is 0.598. The molecule has 0 saturated carbocycles. The Balaban J connectivity index is 2.76. The van der Waals surface area contributed by atoms with Crippen molar-refractivity contribution in [3.05, 3.63) is 28.8 Å².